The Hall–Kier alpha value is -1.36. The van der Waals surface area contributed by atoms with Gasteiger partial charge in [0.1, 0.15) is 0 Å². The van der Waals surface area contributed by atoms with E-state index in [0.29, 0.717) is 11.3 Å². The van der Waals surface area contributed by atoms with E-state index >= 15 is 0 Å². The van der Waals surface area contributed by atoms with Gasteiger partial charge in [0.05, 0.1) is 10.9 Å². The minimum Gasteiger partial charge on any atom is -0.339 e. The number of sulfone groups is 1. The molecule has 0 heterocycles. The Labute approximate surface area is 121 Å². The van der Waals surface area contributed by atoms with Gasteiger partial charge in [-0.05, 0) is 31.0 Å². The molecule has 1 unspecified atom stereocenters. The molecule has 1 atom stereocenters. The van der Waals surface area contributed by atoms with Crippen LogP contribution in [0.2, 0.25) is 0 Å². The van der Waals surface area contributed by atoms with Crippen molar-refractivity contribution in [3.8, 4) is 0 Å². The smallest absolute Gasteiger partial charge is 0.222 e. The molecular formula is C15H23NO3S. The first-order valence-corrected chi connectivity index (χ1v) is 8.72. The summed E-state index contributed by atoms with van der Waals surface area (Å²) >= 11 is 0. The van der Waals surface area contributed by atoms with Crippen LogP contribution in [0.3, 0.4) is 0 Å². The number of amides is 1. The quantitative estimate of drug-likeness (QED) is 0.811. The van der Waals surface area contributed by atoms with E-state index < -0.39 is 9.84 Å². The monoisotopic (exact) mass is 297 g/mol. The zero-order valence-electron chi connectivity index (χ0n) is 12.6. The predicted octanol–water partition coefficient (Wildman–Crippen LogP) is 2.80. The number of benzene rings is 1. The summed E-state index contributed by atoms with van der Waals surface area (Å²) in [6.07, 6.45) is 3.63. The Bertz CT molecular complexity index is 549. The molecular weight excluding hydrogens is 274 g/mol. The average molecular weight is 297 g/mol. The molecule has 1 aromatic carbocycles. The summed E-state index contributed by atoms with van der Waals surface area (Å²) in [6.45, 7) is 4.00. The Morgan fingerprint density at radius 3 is 2.25 bits per heavy atom. The minimum absolute atomic E-state index is 0.0621. The second-order valence-corrected chi connectivity index (χ2v) is 7.14. The standard InChI is InChI=1S/C15H23NO3S/c1-5-6-7-15(17)16(3)12(2)13-8-10-14(11-9-13)20(4,18)19/h8-12H,5-7H2,1-4H3. The van der Waals surface area contributed by atoms with Crippen LogP contribution < -0.4 is 0 Å². The van der Waals surface area contributed by atoms with E-state index in [1.807, 2.05) is 6.92 Å². The van der Waals surface area contributed by atoms with Crippen LogP contribution in [0.4, 0.5) is 0 Å². The Balaban J connectivity index is 2.82. The Morgan fingerprint density at radius 2 is 1.80 bits per heavy atom. The van der Waals surface area contributed by atoms with Gasteiger partial charge in [0.2, 0.25) is 5.91 Å². The number of carbonyl (C=O) groups is 1. The highest BCUT2D eigenvalue weighted by atomic mass is 32.2. The third-order valence-corrected chi connectivity index (χ3v) is 4.64. The van der Waals surface area contributed by atoms with E-state index in [2.05, 4.69) is 6.92 Å². The van der Waals surface area contributed by atoms with Gasteiger partial charge in [-0.1, -0.05) is 25.5 Å². The molecule has 0 saturated heterocycles. The molecule has 0 radical (unpaired) electrons. The molecule has 0 bridgehead atoms. The van der Waals surface area contributed by atoms with Crippen molar-refractivity contribution in [2.24, 2.45) is 0 Å². The molecule has 112 valence electrons. The normalized spacial score (nSPS) is 13.0. The zero-order chi connectivity index (χ0) is 15.3. The SMILES string of the molecule is CCCCC(=O)N(C)C(C)c1ccc(S(C)(=O)=O)cc1. The van der Waals surface area contributed by atoms with Crippen LogP contribution >= 0.6 is 0 Å². The van der Waals surface area contributed by atoms with E-state index in [4.69, 9.17) is 0 Å². The molecule has 1 rings (SSSR count). The highest BCUT2D eigenvalue weighted by Crippen LogP contribution is 2.21. The number of hydrogen-bond donors (Lipinski definition) is 0. The summed E-state index contributed by atoms with van der Waals surface area (Å²) in [4.78, 5) is 14.0. The van der Waals surface area contributed by atoms with Gasteiger partial charge in [0.15, 0.2) is 9.84 Å². The van der Waals surface area contributed by atoms with Gasteiger partial charge in [0.25, 0.3) is 0 Å². The van der Waals surface area contributed by atoms with Gasteiger partial charge in [-0.3, -0.25) is 4.79 Å². The Morgan fingerprint density at radius 1 is 1.25 bits per heavy atom. The summed E-state index contributed by atoms with van der Waals surface area (Å²) in [5, 5.41) is 0. The van der Waals surface area contributed by atoms with Crippen molar-refractivity contribution in [2.75, 3.05) is 13.3 Å². The molecule has 0 aliphatic rings. The fourth-order valence-corrected chi connectivity index (χ4v) is 2.57. The first-order chi connectivity index (χ1) is 9.27. The maximum absolute atomic E-state index is 12.0. The molecule has 1 amide bonds. The lowest BCUT2D eigenvalue weighted by Gasteiger charge is -2.25. The fourth-order valence-electron chi connectivity index (χ4n) is 1.94. The lowest BCUT2D eigenvalue weighted by atomic mass is 10.1. The van der Waals surface area contributed by atoms with Gasteiger partial charge >= 0.3 is 0 Å². The lowest BCUT2D eigenvalue weighted by molar-refractivity contribution is -0.131. The summed E-state index contributed by atoms with van der Waals surface area (Å²) in [6, 6.07) is 6.65. The second kappa shape index (κ2) is 6.88. The first kappa shape index (κ1) is 16.7. The molecule has 20 heavy (non-hydrogen) atoms. The Kier molecular flexibility index (Phi) is 5.74. The third kappa shape index (κ3) is 4.34. The maximum atomic E-state index is 12.0. The summed E-state index contributed by atoms with van der Waals surface area (Å²) in [7, 11) is -1.39. The average Bonchev–Trinajstić information content (AvgIpc) is 2.42. The van der Waals surface area contributed by atoms with Crippen LogP contribution in [-0.4, -0.2) is 32.5 Å². The number of hydrogen-bond acceptors (Lipinski definition) is 3. The van der Waals surface area contributed by atoms with Gasteiger partial charge in [-0.25, -0.2) is 8.42 Å². The summed E-state index contributed by atoms with van der Waals surface area (Å²) in [5.41, 5.74) is 0.935. The van der Waals surface area contributed by atoms with Crippen molar-refractivity contribution in [3.63, 3.8) is 0 Å². The molecule has 0 saturated carbocycles. The topological polar surface area (TPSA) is 54.5 Å². The number of nitrogens with zero attached hydrogens (tertiary/aromatic N) is 1. The third-order valence-electron chi connectivity index (χ3n) is 3.51. The second-order valence-electron chi connectivity index (χ2n) is 5.13. The summed E-state index contributed by atoms with van der Waals surface area (Å²) in [5.74, 6) is 0.117. The van der Waals surface area contributed by atoms with Gasteiger partial charge in [-0.15, -0.1) is 0 Å². The molecule has 0 spiro atoms. The van der Waals surface area contributed by atoms with Crippen molar-refractivity contribution in [2.45, 2.75) is 44.0 Å². The van der Waals surface area contributed by atoms with Crippen LogP contribution in [0.15, 0.2) is 29.2 Å². The predicted molar refractivity (Wildman–Crippen MR) is 80.3 cm³/mol. The van der Waals surface area contributed by atoms with Gasteiger partial charge < -0.3 is 4.90 Å². The van der Waals surface area contributed by atoms with Crippen molar-refractivity contribution in [3.05, 3.63) is 29.8 Å². The van der Waals surface area contributed by atoms with Crippen LogP contribution in [0.5, 0.6) is 0 Å². The zero-order valence-corrected chi connectivity index (χ0v) is 13.4. The van der Waals surface area contributed by atoms with Crippen molar-refractivity contribution >= 4 is 15.7 Å². The number of rotatable bonds is 6. The largest absolute Gasteiger partial charge is 0.339 e. The van der Waals surface area contributed by atoms with Crippen LogP contribution in [0.1, 0.15) is 44.7 Å². The molecule has 0 aliphatic heterocycles. The maximum Gasteiger partial charge on any atom is 0.222 e. The first-order valence-electron chi connectivity index (χ1n) is 6.83. The van der Waals surface area contributed by atoms with Crippen molar-refractivity contribution in [1.29, 1.82) is 0 Å². The molecule has 0 fully saturated rings. The van der Waals surface area contributed by atoms with Gasteiger partial charge in [0, 0.05) is 19.7 Å². The number of carbonyl (C=O) groups excluding carboxylic acids is 1. The molecule has 0 aliphatic carbocycles. The van der Waals surface area contributed by atoms with Crippen LogP contribution in [0.25, 0.3) is 0 Å². The van der Waals surface area contributed by atoms with Crippen molar-refractivity contribution < 1.29 is 13.2 Å². The number of unbranched alkanes of at least 4 members (excludes halogenated alkanes) is 1. The van der Waals surface area contributed by atoms with E-state index in [0.717, 1.165) is 18.4 Å². The van der Waals surface area contributed by atoms with Gasteiger partial charge in [-0.2, -0.15) is 0 Å². The fraction of sp³-hybridized carbons (Fsp3) is 0.533. The van der Waals surface area contributed by atoms with E-state index in [1.54, 1.807) is 36.2 Å². The molecule has 4 nitrogen and oxygen atoms in total. The minimum atomic E-state index is -3.17. The van der Waals surface area contributed by atoms with E-state index in [9.17, 15) is 13.2 Å². The highest BCUT2D eigenvalue weighted by Gasteiger charge is 2.17. The lowest BCUT2D eigenvalue weighted by Crippen LogP contribution is -2.29. The van der Waals surface area contributed by atoms with Crippen LogP contribution in [0, 0.1) is 0 Å². The van der Waals surface area contributed by atoms with Crippen molar-refractivity contribution in [1.82, 2.24) is 4.90 Å². The molecule has 0 aromatic heterocycles. The highest BCUT2D eigenvalue weighted by molar-refractivity contribution is 7.90. The summed E-state index contributed by atoms with van der Waals surface area (Å²) < 4.78 is 22.8. The molecule has 0 N–H and O–H groups in total. The van der Waals surface area contributed by atoms with E-state index in [-0.39, 0.29) is 11.9 Å². The van der Waals surface area contributed by atoms with E-state index in [1.165, 1.54) is 6.26 Å². The molecule has 5 heteroatoms. The molecule has 1 aromatic rings. The van der Waals surface area contributed by atoms with Crippen LogP contribution in [-0.2, 0) is 14.6 Å².